The molecular weight excluding hydrogens is 233 g/mol. The summed E-state index contributed by atoms with van der Waals surface area (Å²) in [5, 5.41) is 9.30. The zero-order valence-electron chi connectivity index (χ0n) is 10.5. The van der Waals surface area contributed by atoms with Crippen LogP contribution in [0.4, 0.5) is 4.39 Å². The molecule has 2 rings (SSSR count). The van der Waals surface area contributed by atoms with Crippen LogP contribution in [0.5, 0.6) is 0 Å². The minimum Gasteiger partial charge on any atom is -0.481 e. The number of nitrogens with zero attached hydrogens (tertiary/aromatic N) is 1. The summed E-state index contributed by atoms with van der Waals surface area (Å²) < 4.78 is 13.5. The molecule has 1 aromatic rings. The summed E-state index contributed by atoms with van der Waals surface area (Å²) in [4.78, 5) is 13.3. The number of rotatable bonds is 4. The molecule has 1 N–H and O–H groups in total. The predicted molar refractivity (Wildman–Crippen MR) is 66.7 cm³/mol. The molecular formula is C14H18FNO2. The molecule has 1 heterocycles. The number of hydrogen-bond acceptors (Lipinski definition) is 2. The lowest BCUT2D eigenvalue weighted by atomic mass is 9.84. The van der Waals surface area contributed by atoms with Crippen LogP contribution in [0, 0.1) is 11.2 Å². The fourth-order valence-electron chi connectivity index (χ4n) is 2.58. The molecule has 0 spiro atoms. The summed E-state index contributed by atoms with van der Waals surface area (Å²) in [5.41, 5.74) is -0.0135. The second-order valence-corrected chi connectivity index (χ2v) is 4.99. The second kappa shape index (κ2) is 5.06. The molecule has 18 heavy (non-hydrogen) atoms. The monoisotopic (exact) mass is 251 g/mol. The molecule has 1 atom stereocenters. The fraction of sp³-hybridized carbons (Fsp3) is 0.500. The Morgan fingerprint density at radius 3 is 2.78 bits per heavy atom. The van der Waals surface area contributed by atoms with Gasteiger partial charge in [0.05, 0.1) is 5.41 Å². The highest BCUT2D eigenvalue weighted by Crippen LogP contribution is 2.34. The van der Waals surface area contributed by atoms with E-state index in [1.807, 2.05) is 11.8 Å². The largest absolute Gasteiger partial charge is 0.481 e. The quantitative estimate of drug-likeness (QED) is 0.894. The lowest BCUT2D eigenvalue weighted by Gasteiger charge is -2.23. The number of benzene rings is 1. The van der Waals surface area contributed by atoms with E-state index < -0.39 is 11.4 Å². The average molecular weight is 251 g/mol. The van der Waals surface area contributed by atoms with E-state index in [9.17, 15) is 14.3 Å². The first-order valence-corrected chi connectivity index (χ1v) is 6.26. The van der Waals surface area contributed by atoms with Crippen molar-refractivity contribution < 1.29 is 14.3 Å². The molecule has 3 nitrogen and oxygen atoms in total. The molecule has 0 bridgehead atoms. The van der Waals surface area contributed by atoms with Crippen molar-refractivity contribution in [2.45, 2.75) is 26.3 Å². The molecule has 1 saturated heterocycles. The van der Waals surface area contributed by atoms with E-state index in [0.29, 0.717) is 38.0 Å². The van der Waals surface area contributed by atoms with Gasteiger partial charge in [-0.25, -0.2) is 4.39 Å². The zero-order valence-corrected chi connectivity index (χ0v) is 10.5. The van der Waals surface area contributed by atoms with E-state index in [2.05, 4.69) is 0 Å². The zero-order chi connectivity index (χ0) is 13.2. The second-order valence-electron chi connectivity index (χ2n) is 4.99. The van der Waals surface area contributed by atoms with Crippen LogP contribution in [0.3, 0.4) is 0 Å². The van der Waals surface area contributed by atoms with Crippen LogP contribution in [-0.4, -0.2) is 29.1 Å². The molecule has 4 heteroatoms. The molecule has 0 aliphatic carbocycles. The van der Waals surface area contributed by atoms with Crippen LogP contribution in [0.25, 0.3) is 0 Å². The van der Waals surface area contributed by atoms with Gasteiger partial charge in [0.15, 0.2) is 0 Å². The van der Waals surface area contributed by atoms with Crippen LogP contribution < -0.4 is 0 Å². The van der Waals surface area contributed by atoms with E-state index in [4.69, 9.17) is 0 Å². The van der Waals surface area contributed by atoms with Crippen LogP contribution >= 0.6 is 0 Å². The fourth-order valence-corrected chi connectivity index (χ4v) is 2.58. The Bertz CT molecular complexity index is 449. The summed E-state index contributed by atoms with van der Waals surface area (Å²) in [6, 6.07) is 6.66. The van der Waals surface area contributed by atoms with Gasteiger partial charge >= 0.3 is 5.97 Å². The third-order valence-corrected chi connectivity index (χ3v) is 3.92. The number of aliphatic carboxylic acids is 1. The van der Waals surface area contributed by atoms with Crippen molar-refractivity contribution in [3.05, 3.63) is 35.6 Å². The average Bonchev–Trinajstić information content (AvgIpc) is 2.77. The molecule has 0 saturated carbocycles. The SMILES string of the molecule is CCC1(C(=O)O)CCN(Cc2ccccc2F)C1. The van der Waals surface area contributed by atoms with Gasteiger partial charge in [-0.05, 0) is 25.5 Å². The van der Waals surface area contributed by atoms with Crippen molar-refractivity contribution in [2.75, 3.05) is 13.1 Å². The highest BCUT2D eigenvalue weighted by Gasteiger charge is 2.43. The van der Waals surface area contributed by atoms with Gasteiger partial charge in [0.1, 0.15) is 5.82 Å². The number of hydrogen-bond donors (Lipinski definition) is 1. The van der Waals surface area contributed by atoms with Gasteiger partial charge in [-0.15, -0.1) is 0 Å². The van der Waals surface area contributed by atoms with Crippen molar-refractivity contribution in [2.24, 2.45) is 5.41 Å². The van der Waals surface area contributed by atoms with E-state index >= 15 is 0 Å². The van der Waals surface area contributed by atoms with Crippen molar-refractivity contribution in [1.29, 1.82) is 0 Å². The Kier molecular flexibility index (Phi) is 3.66. The summed E-state index contributed by atoms with van der Waals surface area (Å²) >= 11 is 0. The third-order valence-electron chi connectivity index (χ3n) is 3.92. The first-order chi connectivity index (χ1) is 8.57. The Morgan fingerprint density at radius 1 is 1.50 bits per heavy atom. The van der Waals surface area contributed by atoms with Crippen molar-refractivity contribution in [1.82, 2.24) is 4.90 Å². The highest BCUT2D eigenvalue weighted by molar-refractivity contribution is 5.75. The maximum absolute atomic E-state index is 13.5. The molecule has 0 radical (unpaired) electrons. The van der Waals surface area contributed by atoms with Gasteiger partial charge in [0, 0.05) is 18.7 Å². The highest BCUT2D eigenvalue weighted by atomic mass is 19.1. The minimum absolute atomic E-state index is 0.221. The first-order valence-electron chi connectivity index (χ1n) is 6.26. The lowest BCUT2D eigenvalue weighted by Crippen LogP contribution is -2.34. The number of halogens is 1. The normalized spacial score (nSPS) is 24.3. The number of carbonyl (C=O) groups is 1. The summed E-state index contributed by atoms with van der Waals surface area (Å²) in [6.45, 7) is 3.62. The van der Waals surface area contributed by atoms with E-state index in [1.54, 1.807) is 18.2 Å². The maximum atomic E-state index is 13.5. The van der Waals surface area contributed by atoms with Crippen LogP contribution in [0.2, 0.25) is 0 Å². The number of likely N-dealkylation sites (tertiary alicyclic amines) is 1. The van der Waals surface area contributed by atoms with Gasteiger partial charge in [0.25, 0.3) is 0 Å². The van der Waals surface area contributed by atoms with Crippen molar-refractivity contribution >= 4 is 5.97 Å². The topological polar surface area (TPSA) is 40.5 Å². The van der Waals surface area contributed by atoms with Crippen molar-refractivity contribution in [3.8, 4) is 0 Å². The molecule has 98 valence electrons. The summed E-state index contributed by atoms with van der Waals surface area (Å²) in [7, 11) is 0. The van der Waals surface area contributed by atoms with Crippen molar-refractivity contribution in [3.63, 3.8) is 0 Å². The minimum atomic E-state index is -0.735. The maximum Gasteiger partial charge on any atom is 0.310 e. The Morgan fingerprint density at radius 2 is 2.22 bits per heavy atom. The van der Waals surface area contributed by atoms with E-state index in [-0.39, 0.29) is 5.82 Å². The number of carboxylic acid groups (broad SMARTS) is 1. The van der Waals surface area contributed by atoms with E-state index in [1.165, 1.54) is 6.07 Å². The van der Waals surface area contributed by atoms with Gasteiger partial charge in [-0.3, -0.25) is 9.69 Å². The molecule has 1 aliphatic rings. The smallest absolute Gasteiger partial charge is 0.310 e. The molecule has 0 amide bonds. The molecule has 1 unspecified atom stereocenters. The molecule has 0 aromatic heterocycles. The van der Waals surface area contributed by atoms with Gasteiger partial charge in [-0.1, -0.05) is 25.1 Å². The molecule has 1 aromatic carbocycles. The summed E-state index contributed by atoms with van der Waals surface area (Å²) in [6.07, 6.45) is 1.27. The van der Waals surface area contributed by atoms with Crippen LogP contribution in [0.15, 0.2) is 24.3 Å². The predicted octanol–water partition coefficient (Wildman–Crippen LogP) is 2.51. The Balaban J connectivity index is 2.06. The van der Waals surface area contributed by atoms with Gasteiger partial charge in [0.2, 0.25) is 0 Å². The summed E-state index contributed by atoms with van der Waals surface area (Å²) in [5.74, 6) is -0.956. The van der Waals surface area contributed by atoms with Crippen LogP contribution in [-0.2, 0) is 11.3 Å². The van der Waals surface area contributed by atoms with Gasteiger partial charge in [-0.2, -0.15) is 0 Å². The van der Waals surface area contributed by atoms with E-state index in [0.717, 1.165) is 0 Å². The lowest BCUT2D eigenvalue weighted by molar-refractivity contribution is -0.148. The standard InChI is InChI=1S/C14H18FNO2/c1-2-14(13(17)18)7-8-16(10-14)9-11-5-3-4-6-12(11)15/h3-6H,2,7-10H2,1H3,(H,17,18). The first kappa shape index (κ1) is 13.0. The molecule has 1 aliphatic heterocycles. The molecule has 1 fully saturated rings. The number of carboxylic acids is 1. The van der Waals surface area contributed by atoms with Crippen LogP contribution in [0.1, 0.15) is 25.3 Å². The Labute approximate surface area is 106 Å². The van der Waals surface area contributed by atoms with Gasteiger partial charge < -0.3 is 5.11 Å². The third kappa shape index (κ3) is 2.38. The Hall–Kier alpha value is -1.42.